The van der Waals surface area contributed by atoms with Gasteiger partial charge in [-0.05, 0) is 24.3 Å². The molecule has 6 heteroatoms. The van der Waals surface area contributed by atoms with Crippen LogP contribution in [0.3, 0.4) is 0 Å². The number of hydrogen-bond donors (Lipinski definition) is 0. The quantitative estimate of drug-likeness (QED) is 0.631. The van der Waals surface area contributed by atoms with E-state index < -0.39 is 11.7 Å². The van der Waals surface area contributed by atoms with Crippen molar-refractivity contribution in [1.82, 2.24) is 5.01 Å². The Kier molecular flexibility index (Phi) is 3.83. The molecule has 0 amide bonds. The maximum atomic E-state index is 12.6. The maximum absolute atomic E-state index is 12.6. The van der Waals surface area contributed by atoms with Gasteiger partial charge in [-0.25, -0.2) is 0 Å². The van der Waals surface area contributed by atoms with E-state index in [1.807, 2.05) is 0 Å². The lowest BCUT2D eigenvalue weighted by Crippen LogP contribution is -2.04. The lowest BCUT2D eigenvalue weighted by Gasteiger charge is -2.07. The van der Waals surface area contributed by atoms with Crippen LogP contribution in [0.2, 0.25) is 0 Å². The zero-order chi connectivity index (χ0) is 14.8. The summed E-state index contributed by atoms with van der Waals surface area (Å²) in [6.45, 7) is 0. The molecule has 20 heavy (non-hydrogen) atoms. The van der Waals surface area contributed by atoms with E-state index in [1.54, 1.807) is 37.3 Å². The second-order valence-corrected chi connectivity index (χ2v) is 4.37. The van der Waals surface area contributed by atoms with Gasteiger partial charge in [-0.15, -0.1) is 0 Å². The molecule has 106 valence electrons. The van der Waals surface area contributed by atoms with Crippen LogP contribution in [0.5, 0.6) is 0 Å². The Bertz CT molecular complexity index is 615. The molecule has 0 atom stereocenters. The first kappa shape index (κ1) is 14.2. The van der Waals surface area contributed by atoms with Crippen molar-refractivity contribution in [1.29, 1.82) is 0 Å². The van der Waals surface area contributed by atoms with E-state index in [0.29, 0.717) is 17.1 Å². The van der Waals surface area contributed by atoms with E-state index >= 15 is 0 Å². The molecule has 0 saturated heterocycles. The highest BCUT2D eigenvalue weighted by Gasteiger charge is 2.30. The summed E-state index contributed by atoms with van der Waals surface area (Å²) < 4.78 is 43.4. The van der Waals surface area contributed by atoms with Crippen molar-refractivity contribution in [3.8, 4) is 11.3 Å². The molecule has 0 aliphatic carbocycles. The van der Waals surface area contributed by atoms with Crippen molar-refractivity contribution in [3.63, 3.8) is 0 Å². The highest BCUT2D eigenvalue weighted by molar-refractivity contribution is 5.77. The van der Waals surface area contributed by atoms with E-state index in [0.717, 1.165) is 12.1 Å². The third-order valence-corrected chi connectivity index (χ3v) is 2.52. The monoisotopic (exact) mass is 282 g/mol. The molecule has 3 nitrogen and oxygen atoms in total. The van der Waals surface area contributed by atoms with Gasteiger partial charge in [0.1, 0.15) is 11.5 Å². The molecule has 0 unspecified atom stereocenters. The van der Waals surface area contributed by atoms with E-state index in [-0.39, 0.29) is 0 Å². The molecule has 0 aliphatic rings. The second kappa shape index (κ2) is 5.40. The normalized spacial score (nSPS) is 12.1. The Morgan fingerprint density at radius 1 is 1.15 bits per heavy atom. The number of hydrazone groups is 1. The van der Waals surface area contributed by atoms with E-state index in [9.17, 15) is 13.2 Å². The van der Waals surface area contributed by atoms with Gasteiger partial charge in [-0.2, -0.15) is 18.3 Å². The SMILES string of the molecule is CN(C)N=Cc1ccc(-c2cccc(C(F)(F)F)c2)o1. The van der Waals surface area contributed by atoms with Gasteiger partial charge in [0.15, 0.2) is 0 Å². The summed E-state index contributed by atoms with van der Waals surface area (Å²) in [6.07, 6.45) is -2.87. The van der Waals surface area contributed by atoms with Crippen molar-refractivity contribution in [2.45, 2.75) is 6.18 Å². The molecular weight excluding hydrogens is 269 g/mol. The van der Waals surface area contributed by atoms with Crippen LogP contribution in [-0.4, -0.2) is 25.3 Å². The molecule has 0 aliphatic heterocycles. The summed E-state index contributed by atoms with van der Waals surface area (Å²) in [5.74, 6) is 0.849. The zero-order valence-corrected chi connectivity index (χ0v) is 11.0. The number of nitrogens with zero attached hydrogens (tertiary/aromatic N) is 2. The number of rotatable bonds is 3. The number of hydrogen-bond acceptors (Lipinski definition) is 3. The van der Waals surface area contributed by atoms with Crippen LogP contribution in [0, 0.1) is 0 Å². The smallest absolute Gasteiger partial charge is 0.416 e. The first-order chi connectivity index (χ1) is 9.36. The average Bonchev–Trinajstić information content (AvgIpc) is 2.84. The summed E-state index contributed by atoms with van der Waals surface area (Å²) >= 11 is 0. The van der Waals surface area contributed by atoms with Crippen LogP contribution < -0.4 is 0 Å². The molecule has 2 aromatic rings. The van der Waals surface area contributed by atoms with Gasteiger partial charge < -0.3 is 9.43 Å². The summed E-state index contributed by atoms with van der Waals surface area (Å²) in [5.41, 5.74) is -0.320. The Hall–Kier alpha value is -2.24. The van der Waals surface area contributed by atoms with Gasteiger partial charge in [0, 0.05) is 19.7 Å². The predicted molar refractivity (Wildman–Crippen MR) is 70.4 cm³/mol. The maximum Gasteiger partial charge on any atom is 0.416 e. The van der Waals surface area contributed by atoms with Crippen LogP contribution in [0.1, 0.15) is 11.3 Å². The van der Waals surface area contributed by atoms with E-state index in [2.05, 4.69) is 5.10 Å². The summed E-state index contributed by atoms with van der Waals surface area (Å²) in [7, 11) is 3.51. The van der Waals surface area contributed by atoms with Crippen molar-refractivity contribution in [2.75, 3.05) is 14.1 Å². The van der Waals surface area contributed by atoms with Gasteiger partial charge in [0.05, 0.1) is 11.8 Å². The van der Waals surface area contributed by atoms with E-state index in [4.69, 9.17) is 4.42 Å². The number of benzene rings is 1. The standard InChI is InChI=1S/C14H13F3N2O/c1-19(2)18-9-12-6-7-13(20-12)10-4-3-5-11(8-10)14(15,16)17/h3-9H,1-2H3. The third kappa shape index (κ3) is 3.40. The fourth-order valence-electron chi connectivity index (χ4n) is 1.60. The van der Waals surface area contributed by atoms with Crippen LogP contribution >= 0.6 is 0 Å². The number of halogens is 3. The third-order valence-electron chi connectivity index (χ3n) is 2.52. The van der Waals surface area contributed by atoms with Gasteiger partial charge in [-0.3, -0.25) is 0 Å². The highest BCUT2D eigenvalue weighted by Crippen LogP contribution is 2.32. The minimum atomic E-state index is -4.36. The Labute approximate surface area is 114 Å². The van der Waals surface area contributed by atoms with Crippen LogP contribution in [-0.2, 0) is 6.18 Å². The van der Waals surface area contributed by atoms with Crippen molar-refractivity contribution in [3.05, 3.63) is 47.7 Å². The molecule has 1 aromatic heterocycles. The lowest BCUT2D eigenvalue weighted by molar-refractivity contribution is -0.137. The second-order valence-electron chi connectivity index (χ2n) is 4.37. The summed E-state index contributed by atoms with van der Waals surface area (Å²) in [5, 5.41) is 5.58. The molecule has 2 rings (SSSR count). The zero-order valence-electron chi connectivity index (χ0n) is 11.0. The summed E-state index contributed by atoms with van der Waals surface area (Å²) in [4.78, 5) is 0. The van der Waals surface area contributed by atoms with Crippen LogP contribution in [0.25, 0.3) is 11.3 Å². The van der Waals surface area contributed by atoms with E-state index in [1.165, 1.54) is 12.3 Å². The number of furan rings is 1. The molecule has 0 N–H and O–H groups in total. The lowest BCUT2D eigenvalue weighted by atomic mass is 10.1. The molecule has 0 saturated carbocycles. The van der Waals surface area contributed by atoms with Gasteiger partial charge in [0.2, 0.25) is 0 Å². The van der Waals surface area contributed by atoms with Crippen molar-refractivity contribution >= 4 is 6.21 Å². The molecule has 1 heterocycles. The Balaban J connectivity index is 2.29. The van der Waals surface area contributed by atoms with Gasteiger partial charge in [-0.1, -0.05) is 12.1 Å². The molecule has 0 spiro atoms. The predicted octanol–water partition coefficient (Wildman–Crippen LogP) is 3.86. The average molecular weight is 282 g/mol. The fraction of sp³-hybridized carbons (Fsp3) is 0.214. The molecule has 0 radical (unpaired) electrons. The highest BCUT2D eigenvalue weighted by atomic mass is 19.4. The molecule has 0 fully saturated rings. The fourth-order valence-corrected chi connectivity index (χ4v) is 1.60. The minimum Gasteiger partial charge on any atom is -0.455 e. The summed E-state index contributed by atoms with van der Waals surface area (Å²) in [6, 6.07) is 8.29. The van der Waals surface area contributed by atoms with Gasteiger partial charge in [0.25, 0.3) is 0 Å². The first-order valence-corrected chi connectivity index (χ1v) is 5.85. The first-order valence-electron chi connectivity index (χ1n) is 5.85. The van der Waals surface area contributed by atoms with Crippen LogP contribution in [0.15, 0.2) is 45.9 Å². The minimum absolute atomic E-state index is 0.372. The van der Waals surface area contributed by atoms with Crippen LogP contribution in [0.4, 0.5) is 13.2 Å². The van der Waals surface area contributed by atoms with Crippen molar-refractivity contribution < 1.29 is 17.6 Å². The Morgan fingerprint density at radius 2 is 1.90 bits per heavy atom. The molecular formula is C14H13F3N2O. The Morgan fingerprint density at radius 3 is 2.55 bits per heavy atom. The molecule has 1 aromatic carbocycles. The topological polar surface area (TPSA) is 28.7 Å². The number of alkyl halides is 3. The molecule has 0 bridgehead atoms. The van der Waals surface area contributed by atoms with Crippen molar-refractivity contribution in [2.24, 2.45) is 5.10 Å². The largest absolute Gasteiger partial charge is 0.455 e. The van der Waals surface area contributed by atoms with Gasteiger partial charge >= 0.3 is 6.18 Å².